The average Bonchev–Trinajstić information content (AvgIpc) is 3.02. The molecule has 0 radical (unpaired) electrons. The molecule has 0 aliphatic rings. The Morgan fingerprint density at radius 2 is 1.77 bits per heavy atom. The lowest BCUT2D eigenvalue weighted by Gasteiger charge is -2.06. The van der Waals surface area contributed by atoms with Crippen LogP contribution >= 0.6 is 0 Å². The predicted octanol–water partition coefficient (Wildman–Crippen LogP) is 4.65. The van der Waals surface area contributed by atoms with Gasteiger partial charge in [0.15, 0.2) is 0 Å². The van der Waals surface area contributed by atoms with E-state index in [4.69, 9.17) is 0 Å². The Kier molecular flexibility index (Phi) is 4.23. The zero-order valence-electron chi connectivity index (χ0n) is 14.5. The first-order valence-electron chi connectivity index (χ1n) is 8.56. The topological polar surface area (TPSA) is 46.9 Å². The van der Waals surface area contributed by atoms with Crippen LogP contribution in [0.2, 0.25) is 0 Å². The molecule has 2 aromatic heterocycles. The zero-order valence-corrected chi connectivity index (χ0v) is 14.5. The highest BCUT2D eigenvalue weighted by molar-refractivity contribution is 6.08. The van der Waals surface area contributed by atoms with Crippen molar-refractivity contribution in [1.29, 1.82) is 0 Å². The van der Waals surface area contributed by atoms with E-state index in [1.165, 1.54) is 11.1 Å². The molecule has 0 spiro atoms. The van der Waals surface area contributed by atoms with E-state index >= 15 is 0 Å². The number of fused-ring (bicyclic) bond motifs is 1. The lowest BCUT2D eigenvalue weighted by Crippen LogP contribution is -2.13. The minimum Gasteiger partial charge on any atom is -0.341 e. The second-order valence-electron chi connectivity index (χ2n) is 6.34. The summed E-state index contributed by atoms with van der Waals surface area (Å²) in [6.07, 6.45) is 3.61. The predicted molar refractivity (Wildman–Crippen MR) is 104 cm³/mol. The SMILES string of the molecule is Cc1ccc(Cn2cc(NC(=O)c3ccccn3)c3ccccc32)cc1. The Morgan fingerprint density at radius 3 is 2.54 bits per heavy atom. The fraction of sp³-hybridized carbons (Fsp3) is 0.0909. The Hall–Kier alpha value is -3.40. The van der Waals surface area contributed by atoms with Gasteiger partial charge in [-0.05, 0) is 30.7 Å². The Bertz CT molecular complexity index is 1050. The quantitative estimate of drug-likeness (QED) is 0.587. The molecule has 0 fully saturated rings. The van der Waals surface area contributed by atoms with Gasteiger partial charge in [-0.15, -0.1) is 0 Å². The third-order valence-corrected chi connectivity index (χ3v) is 4.41. The lowest BCUT2D eigenvalue weighted by molar-refractivity contribution is 0.102. The van der Waals surface area contributed by atoms with Crippen molar-refractivity contribution in [3.63, 3.8) is 0 Å². The summed E-state index contributed by atoms with van der Waals surface area (Å²) in [4.78, 5) is 16.6. The first kappa shape index (κ1) is 16.1. The van der Waals surface area contributed by atoms with Crippen LogP contribution in [0.5, 0.6) is 0 Å². The number of carbonyl (C=O) groups excluding carboxylic acids is 1. The normalized spacial score (nSPS) is 10.8. The van der Waals surface area contributed by atoms with Crippen LogP contribution in [0.25, 0.3) is 10.9 Å². The van der Waals surface area contributed by atoms with Gasteiger partial charge < -0.3 is 9.88 Å². The number of aromatic nitrogens is 2. The Morgan fingerprint density at radius 1 is 1.00 bits per heavy atom. The van der Waals surface area contributed by atoms with E-state index in [-0.39, 0.29) is 5.91 Å². The summed E-state index contributed by atoms with van der Waals surface area (Å²) in [6.45, 7) is 2.83. The highest BCUT2D eigenvalue weighted by Crippen LogP contribution is 2.27. The molecule has 4 aromatic rings. The number of aryl methyl sites for hydroxylation is 1. The number of rotatable bonds is 4. The van der Waals surface area contributed by atoms with E-state index < -0.39 is 0 Å². The van der Waals surface area contributed by atoms with Gasteiger partial charge in [-0.3, -0.25) is 9.78 Å². The summed E-state index contributed by atoms with van der Waals surface area (Å²) in [6, 6.07) is 21.9. The lowest BCUT2D eigenvalue weighted by atomic mass is 10.1. The van der Waals surface area contributed by atoms with Crippen molar-refractivity contribution in [2.75, 3.05) is 5.32 Å². The molecule has 0 aliphatic heterocycles. The summed E-state index contributed by atoms with van der Waals surface area (Å²) < 4.78 is 2.16. The summed E-state index contributed by atoms with van der Waals surface area (Å²) in [5.74, 6) is -0.205. The van der Waals surface area contributed by atoms with Crippen LogP contribution in [0.15, 0.2) is 79.1 Å². The fourth-order valence-electron chi connectivity index (χ4n) is 3.05. The molecule has 0 unspecified atom stereocenters. The Balaban J connectivity index is 1.67. The van der Waals surface area contributed by atoms with Gasteiger partial charge in [0.05, 0.1) is 11.2 Å². The van der Waals surface area contributed by atoms with Gasteiger partial charge in [-0.1, -0.05) is 54.1 Å². The number of carbonyl (C=O) groups is 1. The fourth-order valence-corrected chi connectivity index (χ4v) is 3.05. The van der Waals surface area contributed by atoms with E-state index in [2.05, 4.69) is 52.1 Å². The first-order chi connectivity index (χ1) is 12.7. The van der Waals surface area contributed by atoms with Gasteiger partial charge in [0.1, 0.15) is 5.69 Å². The van der Waals surface area contributed by atoms with Crippen LogP contribution in [0.1, 0.15) is 21.6 Å². The van der Waals surface area contributed by atoms with Crippen molar-refractivity contribution in [2.45, 2.75) is 13.5 Å². The van der Waals surface area contributed by atoms with Crippen LogP contribution in [0.3, 0.4) is 0 Å². The molecule has 4 heteroatoms. The number of hydrogen-bond acceptors (Lipinski definition) is 2. The van der Waals surface area contributed by atoms with Crippen LogP contribution in [-0.2, 0) is 6.54 Å². The molecule has 2 heterocycles. The highest BCUT2D eigenvalue weighted by atomic mass is 16.1. The molecule has 128 valence electrons. The molecule has 0 atom stereocenters. The monoisotopic (exact) mass is 341 g/mol. The maximum absolute atomic E-state index is 12.5. The number of hydrogen-bond donors (Lipinski definition) is 1. The average molecular weight is 341 g/mol. The smallest absolute Gasteiger partial charge is 0.274 e. The van der Waals surface area contributed by atoms with Crippen molar-refractivity contribution >= 4 is 22.5 Å². The zero-order chi connectivity index (χ0) is 17.9. The van der Waals surface area contributed by atoms with Gasteiger partial charge in [-0.2, -0.15) is 0 Å². The number of nitrogens with one attached hydrogen (secondary N) is 1. The van der Waals surface area contributed by atoms with E-state index in [1.54, 1.807) is 18.3 Å². The molecular formula is C22H19N3O. The second-order valence-corrected chi connectivity index (χ2v) is 6.34. The molecule has 4 rings (SSSR count). The molecular weight excluding hydrogens is 322 g/mol. The van der Waals surface area contributed by atoms with Gasteiger partial charge in [0.25, 0.3) is 5.91 Å². The maximum Gasteiger partial charge on any atom is 0.274 e. The molecule has 4 nitrogen and oxygen atoms in total. The number of anilines is 1. The van der Waals surface area contributed by atoms with Crippen LogP contribution in [0, 0.1) is 6.92 Å². The molecule has 0 bridgehead atoms. The van der Waals surface area contributed by atoms with E-state index in [9.17, 15) is 4.79 Å². The maximum atomic E-state index is 12.5. The van der Waals surface area contributed by atoms with Gasteiger partial charge in [0, 0.05) is 24.3 Å². The Labute approximate surface area is 152 Å². The van der Waals surface area contributed by atoms with Crippen molar-refractivity contribution in [3.05, 3.63) is 95.9 Å². The summed E-state index contributed by atoms with van der Waals surface area (Å²) in [7, 11) is 0. The molecule has 1 N–H and O–H groups in total. The molecule has 26 heavy (non-hydrogen) atoms. The van der Waals surface area contributed by atoms with Crippen molar-refractivity contribution in [3.8, 4) is 0 Å². The standard InChI is InChI=1S/C22H19N3O/c1-16-9-11-17(12-10-16)14-25-15-20(18-6-2-3-8-21(18)25)24-22(26)19-7-4-5-13-23-19/h2-13,15H,14H2,1H3,(H,24,26). The minimum atomic E-state index is -0.205. The van der Waals surface area contributed by atoms with Gasteiger partial charge in [-0.25, -0.2) is 0 Å². The third-order valence-electron chi connectivity index (χ3n) is 4.41. The molecule has 0 aliphatic carbocycles. The van der Waals surface area contributed by atoms with Crippen molar-refractivity contribution < 1.29 is 4.79 Å². The number of benzene rings is 2. The summed E-state index contributed by atoms with van der Waals surface area (Å²) >= 11 is 0. The second kappa shape index (κ2) is 6.84. The van der Waals surface area contributed by atoms with Crippen molar-refractivity contribution in [1.82, 2.24) is 9.55 Å². The molecule has 1 amide bonds. The summed E-state index contributed by atoms with van der Waals surface area (Å²) in [5.41, 5.74) is 4.75. The van der Waals surface area contributed by atoms with Crippen molar-refractivity contribution in [2.24, 2.45) is 0 Å². The minimum absolute atomic E-state index is 0.205. The third kappa shape index (κ3) is 3.22. The molecule has 0 saturated heterocycles. The van der Waals surface area contributed by atoms with Crippen LogP contribution < -0.4 is 5.32 Å². The number of para-hydroxylation sites is 1. The van der Waals surface area contributed by atoms with Crippen LogP contribution in [-0.4, -0.2) is 15.5 Å². The molecule has 0 saturated carbocycles. The molecule has 2 aromatic carbocycles. The highest BCUT2D eigenvalue weighted by Gasteiger charge is 2.13. The van der Waals surface area contributed by atoms with E-state index in [1.807, 2.05) is 30.5 Å². The van der Waals surface area contributed by atoms with Gasteiger partial charge >= 0.3 is 0 Å². The number of nitrogens with zero attached hydrogens (tertiary/aromatic N) is 2. The number of amides is 1. The van der Waals surface area contributed by atoms with Gasteiger partial charge in [0.2, 0.25) is 0 Å². The number of pyridine rings is 1. The van der Waals surface area contributed by atoms with Crippen LogP contribution in [0.4, 0.5) is 5.69 Å². The first-order valence-corrected chi connectivity index (χ1v) is 8.56. The van der Waals surface area contributed by atoms with E-state index in [0.717, 1.165) is 23.1 Å². The van der Waals surface area contributed by atoms with E-state index in [0.29, 0.717) is 5.69 Å². The summed E-state index contributed by atoms with van der Waals surface area (Å²) in [5, 5.41) is 4.01. The largest absolute Gasteiger partial charge is 0.341 e.